The number of benzene rings is 1. The number of carbonyl (C=O) groups is 1. The van der Waals surface area contributed by atoms with Crippen LogP contribution in [0.1, 0.15) is 23.2 Å². The van der Waals surface area contributed by atoms with E-state index in [9.17, 15) is 9.90 Å². The first-order valence-electron chi connectivity index (χ1n) is 6.02. The van der Waals surface area contributed by atoms with Crippen molar-refractivity contribution >= 4 is 16.9 Å². The summed E-state index contributed by atoms with van der Waals surface area (Å²) in [4.78, 5) is 14.0. The molecular formula is C12H14N4O2. The number of nitrogens with one attached hydrogen (secondary N) is 1. The molecule has 1 aromatic heterocycles. The first-order chi connectivity index (χ1) is 8.74. The molecule has 1 amide bonds. The number of carbonyl (C=O) groups excluding carboxylic acids is 1. The number of likely N-dealkylation sites (tertiary alicyclic amines) is 1. The summed E-state index contributed by atoms with van der Waals surface area (Å²) in [5.74, 6) is -0.00759. The van der Waals surface area contributed by atoms with Crippen LogP contribution in [0.5, 0.6) is 0 Å². The maximum atomic E-state index is 12.3. The Morgan fingerprint density at radius 3 is 2.78 bits per heavy atom. The zero-order chi connectivity index (χ0) is 12.5. The number of nitrogens with zero attached hydrogens (tertiary/aromatic N) is 3. The largest absolute Gasteiger partial charge is 0.393 e. The Hall–Kier alpha value is -1.95. The van der Waals surface area contributed by atoms with E-state index in [0.717, 1.165) is 5.52 Å². The molecule has 1 aliphatic heterocycles. The summed E-state index contributed by atoms with van der Waals surface area (Å²) in [5.41, 5.74) is 2.06. The van der Waals surface area contributed by atoms with Crippen molar-refractivity contribution in [1.29, 1.82) is 0 Å². The third kappa shape index (κ3) is 1.95. The van der Waals surface area contributed by atoms with E-state index in [-0.39, 0.29) is 12.0 Å². The first-order valence-corrected chi connectivity index (χ1v) is 6.02. The van der Waals surface area contributed by atoms with Crippen molar-refractivity contribution in [1.82, 2.24) is 20.3 Å². The van der Waals surface area contributed by atoms with Gasteiger partial charge in [0.05, 0.1) is 6.10 Å². The van der Waals surface area contributed by atoms with Crippen LogP contribution in [0.4, 0.5) is 0 Å². The molecule has 3 rings (SSSR count). The fourth-order valence-corrected chi connectivity index (χ4v) is 2.22. The second kappa shape index (κ2) is 4.38. The van der Waals surface area contributed by atoms with E-state index in [2.05, 4.69) is 15.4 Å². The number of amides is 1. The zero-order valence-electron chi connectivity index (χ0n) is 9.83. The predicted molar refractivity (Wildman–Crippen MR) is 65.0 cm³/mol. The second-order valence-corrected chi connectivity index (χ2v) is 4.55. The number of fused-ring (bicyclic) bond motifs is 1. The van der Waals surface area contributed by atoms with E-state index in [4.69, 9.17) is 0 Å². The third-order valence-electron chi connectivity index (χ3n) is 3.31. The molecule has 94 valence electrons. The highest BCUT2D eigenvalue weighted by molar-refractivity contribution is 5.97. The van der Waals surface area contributed by atoms with Gasteiger partial charge in [-0.25, -0.2) is 0 Å². The van der Waals surface area contributed by atoms with E-state index in [1.54, 1.807) is 23.1 Å². The Kier molecular flexibility index (Phi) is 2.71. The van der Waals surface area contributed by atoms with Crippen molar-refractivity contribution in [3.8, 4) is 0 Å². The van der Waals surface area contributed by atoms with Crippen LogP contribution in [0.15, 0.2) is 18.2 Å². The molecule has 6 heteroatoms. The van der Waals surface area contributed by atoms with Crippen LogP contribution < -0.4 is 0 Å². The van der Waals surface area contributed by atoms with Gasteiger partial charge in [0.1, 0.15) is 11.0 Å². The number of aromatic nitrogens is 3. The van der Waals surface area contributed by atoms with Crippen LogP contribution in [0, 0.1) is 0 Å². The SMILES string of the molecule is O=C(c1ccc2n[nH]nc2c1)N1CCC(O)CC1. The number of rotatable bonds is 1. The summed E-state index contributed by atoms with van der Waals surface area (Å²) in [6.45, 7) is 1.22. The fourth-order valence-electron chi connectivity index (χ4n) is 2.22. The van der Waals surface area contributed by atoms with Gasteiger partial charge < -0.3 is 10.0 Å². The van der Waals surface area contributed by atoms with E-state index < -0.39 is 0 Å². The first kappa shape index (κ1) is 11.2. The Balaban J connectivity index is 1.82. The molecular weight excluding hydrogens is 232 g/mol. The summed E-state index contributed by atoms with van der Waals surface area (Å²) in [6.07, 6.45) is 1.03. The lowest BCUT2D eigenvalue weighted by Crippen LogP contribution is -2.40. The van der Waals surface area contributed by atoms with Gasteiger partial charge in [-0.05, 0) is 31.0 Å². The third-order valence-corrected chi connectivity index (χ3v) is 3.31. The lowest BCUT2D eigenvalue weighted by Gasteiger charge is -2.29. The topological polar surface area (TPSA) is 82.1 Å². The van der Waals surface area contributed by atoms with Gasteiger partial charge in [-0.15, -0.1) is 0 Å². The molecule has 18 heavy (non-hydrogen) atoms. The van der Waals surface area contributed by atoms with Crippen LogP contribution in [-0.4, -0.2) is 50.5 Å². The van der Waals surface area contributed by atoms with E-state index in [0.29, 0.717) is 37.0 Å². The van der Waals surface area contributed by atoms with Gasteiger partial charge in [0.15, 0.2) is 0 Å². The minimum Gasteiger partial charge on any atom is -0.393 e. The number of aliphatic hydroxyl groups is 1. The quantitative estimate of drug-likeness (QED) is 0.770. The van der Waals surface area contributed by atoms with Gasteiger partial charge in [-0.3, -0.25) is 4.79 Å². The molecule has 1 aromatic carbocycles. The monoisotopic (exact) mass is 246 g/mol. The molecule has 0 atom stereocenters. The molecule has 0 radical (unpaired) electrons. The highest BCUT2D eigenvalue weighted by atomic mass is 16.3. The highest BCUT2D eigenvalue weighted by Crippen LogP contribution is 2.16. The zero-order valence-corrected chi connectivity index (χ0v) is 9.83. The van der Waals surface area contributed by atoms with Crippen LogP contribution in [0.25, 0.3) is 11.0 Å². The Bertz CT molecular complexity index is 572. The van der Waals surface area contributed by atoms with Gasteiger partial charge in [-0.2, -0.15) is 15.4 Å². The minimum atomic E-state index is -0.271. The van der Waals surface area contributed by atoms with Crippen LogP contribution in [0.2, 0.25) is 0 Å². The minimum absolute atomic E-state index is 0.00759. The van der Waals surface area contributed by atoms with Crippen molar-refractivity contribution in [3.05, 3.63) is 23.8 Å². The molecule has 6 nitrogen and oxygen atoms in total. The molecule has 1 aliphatic rings. The summed E-state index contributed by atoms with van der Waals surface area (Å²) in [5, 5.41) is 19.9. The van der Waals surface area contributed by atoms with Crippen molar-refractivity contribution < 1.29 is 9.90 Å². The lowest BCUT2D eigenvalue weighted by molar-refractivity contribution is 0.0546. The Morgan fingerprint density at radius 2 is 2.00 bits per heavy atom. The van der Waals surface area contributed by atoms with Gasteiger partial charge >= 0.3 is 0 Å². The number of piperidine rings is 1. The van der Waals surface area contributed by atoms with Crippen LogP contribution >= 0.6 is 0 Å². The molecule has 0 spiro atoms. The number of H-pyrrole nitrogens is 1. The average Bonchev–Trinajstić information content (AvgIpc) is 2.86. The summed E-state index contributed by atoms with van der Waals surface area (Å²) in [6, 6.07) is 5.29. The lowest BCUT2D eigenvalue weighted by atomic mass is 10.1. The van der Waals surface area contributed by atoms with Crippen LogP contribution in [0.3, 0.4) is 0 Å². The molecule has 2 aromatic rings. The number of aliphatic hydroxyl groups excluding tert-OH is 1. The molecule has 0 saturated carbocycles. The molecule has 0 bridgehead atoms. The molecule has 0 unspecified atom stereocenters. The van der Waals surface area contributed by atoms with Crippen molar-refractivity contribution in [2.45, 2.75) is 18.9 Å². The van der Waals surface area contributed by atoms with Crippen molar-refractivity contribution in [3.63, 3.8) is 0 Å². The maximum absolute atomic E-state index is 12.3. The number of hydrogen-bond acceptors (Lipinski definition) is 4. The summed E-state index contributed by atoms with van der Waals surface area (Å²) in [7, 11) is 0. The Morgan fingerprint density at radius 1 is 1.28 bits per heavy atom. The number of aromatic amines is 1. The molecule has 1 fully saturated rings. The maximum Gasteiger partial charge on any atom is 0.253 e. The molecule has 2 N–H and O–H groups in total. The summed E-state index contributed by atoms with van der Waals surface area (Å²) < 4.78 is 0. The molecule has 1 saturated heterocycles. The Labute approximate surface area is 104 Å². The van der Waals surface area contributed by atoms with E-state index >= 15 is 0 Å². The van der Waals surface area contributed by atoms with Crippen molar-refractivity contribution in [2.75, 3.05) is 13.1 Å². The fraction of sp³-hybridized carbons (Fsp3) is 0.417. The average molecular weight is 246 g/mol. The smallest absolute Gasteiger partial charge is 0.253 e. The highest BCUT2D eigenvalue weighted by Gasteiger charge is 2.22. The van der Waals surface area contributed by atoms with Crippen LogP contribution in [-0.2, 0) is 0 Å². The number of hydrogen-bond donors (Lipinski definition) is 2. The van der Waals surface area contributed by atoms with Gasteiger partial charge in [-0.1, -0.05) is 0 Å². The van der Waals surface area contributed by atoms with Crippen molar-refractivity contribution in [2.24, 2.45) is 0 Å². The predicted octanol–water partition coefficient (Wildman–Crippen LogP) is 0.555. The second-order valence-electron chi connectivity index (χ2n) is 4.55. The van der Waals surface area contributed by atoms with Gasteiger partial charge in [0.2, 0.25) is 0 Å². The molecule has 2 heterocycles. The van der Waals surface area contributed by atoms with E-state index in [1.807, 2.05) is 0 Å². The van der Waals surface area contributed by atoms with Gasteiger partial charge in [0.25, 0.3) is 5.91 Å². The van der Waals surface area contributed by atoms with Gasteiger partial charge in [0, 0.05) is 18.7 Å². The summed E-state index contributed by atoms with van der Waals surface area (Å²) >= 11 is 0. The van der Waals surface area contributed by atoms with E-state index in [1.165, 1.54) is 0 Å². The normalized spacial score (nSPS) is 17.3. The standard InChI is InChI=1S/C12H14N4O2/c17-9-3-5-16(6-4-9)12(18)8-1-2-10-11(7-8)14-15-13-10/h1-2,7,9,17H,3-6H2,(H,13,14,15). The molecule has 0 aliphatic carbocycles.